The van der Waals surface area contributed by atoms with Crippen LogP contribution in [0.2, 0.25) is 0 Å². The molecule has 0 aliphatic heterocycles. The topological polar surface area (TPSA) is 12.9 Å². The highest BCUT2D eigenvalue weighted by atomic mass is 14.7. The van der Waals surface area contributed by atoms with Gasteiger partial charge in [0.2, 0.25) is 0 Å². The van der Waals surface area contributed by atoms with E-state index in [4.69, 9.17) is 0 Å². The number of fused-ring (bicyclic) bond motifs is 1. The van der Waals surface area contributed by atoms with Crippen LogP contribution in [0.5, 0.6) is 0 Å². The van der Waals surface area contributed by atoms with Crippen molar-refractivity contribution in [1.29, 1.82) is 0 Å². The minimum atomic E-state index is 0.890. The van der Waals surface area contributed by atoms with Crippen LogP contribution < -0.4 is 0 Å². The fraction of sp³-hybridized carbons (Fsp3) is 0.167. The predicted molar refractivity (Wildman–Crippen MR) is 80.5 cm³/mol. The summed E-state index contributed by atoms with van der Waals surface area (Å²) in [5.74, 6) is 0. The maximum atomic E-state index is 4.64. The van der Waals surface area contributed by atoms with Gasteiger partial charge in [-0.1, -0.05) is 48.0 Å². The first kappa shape index (κ1) is 11.9. The molecule has 0 radical (unpaired) electrons. The molecule has 0 saturated heterocycles. The van der Waals surface area contributed by atoms with Crippen LogP contribution in [0, 0.1) is 13.8 Å². The second kappa shape index (κ2) is 4.85. The monoisotopic (exact) mass is 247 g/mol. The average molecular weight is 247 g/mol. The van der Waals surface area contributed by atoms with E-state index in [-0.39, 0.29) is 0 Å². The highest BCUT2D eigenvalue weighted by Gasteiger charge is 2.06. The molecule has 1 aromatic heterocycles. The lowest BCUT2D eigenvalue weighted by molar-refractivity contribution is 1.09. The van der Waals surface area contributed by atoms with Gasteiger partial charge in [-0.2, -0.15) is 0 Å². The Hall–Kier alpha value is -2.15. The summed E-state index contributed by atoms with van der Waals surface area (Å²) in [5.41, 5.74) is 5.00. The van der Waals surface area contributed by atoms with Crippen molar-refractivity contribution in [1.82, 2.24) is 4.98 Å². The van der Waals surface area contributed by atoms with Gasteiger partial charge in [-0.25, -0.2) is 0 Å². The van der Waals surface area contributed by atoms with Crippen molar-refractivity contribution in [2.24, 2.45) is 0 Å². The van der Waals surface area contributed by atoms with E-state index in [1.54, 1.807) is 0 Å². The number of hydrogen-bond donors (Lipinski definition) is 0. The molecular formula is C18H17N. The number of rotatable bonds is 2. The molecule has 0 fully saturated rings. The van der Waals surface area contributed by atoms with Crippen LogP contribution in [-0.2, 0) is 6.42 Å². The van der Waals surface area contributed by atoms with Gasteiger partial charge in [-0.05, 0) is 36.4 Å². The SMILES string of the molecule is Cc1ccc2c(C)cnc(Cc3ccccc3)c2c1. The van der Waals surface area contributed by atoms with Crippen LogP contribution in [0.1, 0.15) is 22.4 Å². The van der Waals surface area contributed by atoms with Gasteiger partial charge in [0, 0.05) is 18.0 Å². The van der Waals surface area contributed by atoms with Crippen molar-refractivity contribution in [3.8, 4) is 0 Å². The van der Waals surface area contributed by atoms with Gasteiger partial charge in [0.05, 0.1) is 5.69 Å². The van der Waals surface area contributed by atoms with Crippen molar-refractivity contribution >= 4 is 10.8 Å². The van der Waals surface area contributed by atoms with Crippen molar-refractivity contribution in [2.45, 2.75) is 20.3 Å². The normalized spacial score (nSPS) is 10.8. The summed E-state index contributed by atoms with van der Waals surface area (Å²) in [6.45, 7) is 4.25. The molecule has 0 aliphatic rings. The Balaban J connectivity index is 2.13. The first-order valence-corrected chi connectivity index (χ1v) is 6.63. The van der Waals surface area contributed by atoms with Crippen molar-refractivity contribution < 1.29 is 0 Å². The summed E-state index contributed by atoms with van der Waals surface area (Å²) in [5, 5.41) is 2.59. The smallest absolute Gasteiger partial charge is 0.0525 e. The maximum Gasteiger partial charge on any atom is 0.0525 e. The van der Waals surface area contributed by atoms with Crippen LogP contribution in [0.4, 0.5) is 0 Å². The summed E-state index contributed by atoms with van der Waals surface area (Å²) in [4.78, 5) is 4.64. The summed E-state index contributed by atoms with van der Waals surface area (Å²) in [6, 6.07) is 17.1. The molecule has 0 amide bonds. The fourth-order valence-electron chi connectivity index (χ4n) is 2.48. The molecule has 1 heteroatoms. The second-order valence-electron chi connectivity index (χ2n) is 5.10. The number of pyridine rings is 1. The molecule has 1 nitrogen and oxygen atoms in total. The third-order valence-electron chi connectivity index (χ3n) is 3.54. The molecule has 2 aromatic carbocycles. The van der Waals surface area contributed by atoms with Gasteiger partial charge < -0.3 is 0 Å². The molecule has 19 heavy (non-hydrogen) atoms. The van der Waals surface area contributed by atoms with Gasteiger partial charge in [0.1, 0.15) is 0 Å². The highest BCUT2D eigenvalue weighted by Crippen LogP contribution is 2.23. The zero-order valence-electron chi connectivity index (χ0n) is 11.4. The Kier molecular flexibility index (Phi) is 3.04. The van der Waals surface area contributed by atoms with Crippen molar-refractivity contribution in [2.75, 3.05) is 0 Å². The van der Waals surface area contributed by atoms with E-state index in [9.17, 15) is 0 Å². The Morgan fingerprint density at radius 1 is 0.895 bits per heavy atom. The molecule has 0 aliphatic carbocycles. The largest absolute Gasteiger partial charge is 0.260 e. The van der Waals surface area contributed by atoms with Crippen LogP contribution in [0.25, 0.3) is 10.8 Å². The highest BCUT2D eigenvalue weighted by molar-refractivity contribution is 5.88. The molecular weight excluding hydrogens is 230 g/mol. The predicted octanol–water partition coefficient (Wildman–Crippen LogP) is 4.44. The van der Waals surface area contributed by atoms with Gasteiger partial charge in [0.15, 0.2) is 0 Å². The zero-order chi connectivity index (χ0) is 13.2. The first-order chi connectivity index (χ1) is 9.24. The Bertz CT molecular complexity index is 714. The molecule has 0 saturated carbocycles. The number of aromatic nitrogens is 1. The fourth-order valence-corrected chi connectivity index (χ4v) is 2.48. The molecule has 0 unspecified atom stereocenters. The molecule has 3 aromatic rings. The van der Waals surface area contributed by atoms with E-state index in [0.717, 1.165) is 12.1 Å². The molecule has 1 heterocycles. The Morgan fingerprint density at radius 3 is 2.47 bits per heavy atom. The van der Waals surface area contributed by atoms with Gasteiger partial charge in [0.25, 0.3) is 0 Å². The van der Waals surface area contributed by atoms with E-state index in [2.05, 4.69) is 61.3 Å². The van der Waals surface area contributed by atoms with Crippen LogP contribution in [0.15, 0.2) is 54.7 Å². The van der Waals surface area contributed by atoms with Gasteiger partial charge in [-0.3, -0.25) is 4.98 Å². The Morgan fingerprint density at radius 2 is 1.68 bits per heavy atom. The van der Waals surface area contributed by atoms with E-state index in [0.29, 0.717) is 0 Å². The number of nitrogens with zero attached hydrogens (tertiary/aromatic N) is 1. The molecule has 3 rings (SSSR count). The lowest BCUT2D eigenvalue weighted by Crippen LogP contribution is -1.95. The van der Waals surface area contributed by atoms with Crippen LogP contribution in [0.3, 0.4) is 0 Å². The molecule has 94 valence electrons. The van der Waals surface area contributed by atoms with Crippen LogP contribution >= 0.6 is 0 Å². The molecule has 0 spiro atoms. The second-order valence-corrected chi connectivity index (χ2v) is 5.10. The number of aryl methyl sites for hydroxylation is 2. The van der Waals surface area contributed by atoms with Crippen molar-refractivity contribution in [3.05, 3.63) is 77.1 Å². The summed E-state index contributed by atoms with van der Waals surface area (Å²) in [6.07, 6.45) is 2.87. The van der Waals surface area contributed by atoms with E-state index >= 15 is 0 Å². The zero-order valence-corrected chi connectivity index (χ0v) is 11.4. The van der Waals surface area contributed by atoms with E-state index < -0.39 is 0 Å². The minimum absolute atomic E-state index is 0.890. The summed E-state index contributed by atoms with van der Waals surface area (Å²) >= 11 is 0. The maximum absolute atomic E-state index is 4.64. The lowest BCUT2D eigenvalue weighted by atomic mass is 10.00. The van der Waals surface area contributed by atoms with Gasteiger partial charge >= 0.3 is 0 Å². The van der Waals surface area contributed by atoms with Crippen molar-refractivity contribution in [3.63, 3.8) is 0 Å². The standard InChI is InChI=1S/C18H17N/c1-13-8-9-16-14(2)12-19-18(17(16)10-13)11-15-6-4-3-5-7-15/h3-10,12H,11H2,1-2H3. The molecule has 0 atom stereocenters. The minimum Gasteiger partial charge on any atom is -0.260 e. The average Bonchev–Trinajstić information content (AvgIpc) is 2.43. The third kappa shape index (κ3) is 2.37. The van der Waals surface area contributed by atoms with Gasteiger partial charge in [-0.15, -0.1) is 0 Å². The quantitative estimate of drug-likeness (QED) is 0.652. The Labute approximate surface area is 113 Å². The van der Waals surface area contributed by atoms with E-state index in [1.165, 1.54) is 27.5 Å². The van der Waals surface area contributed by atoms with E-state index in [1.807, 2.05) is 12.3 Å². The lowest BCUT2D eigenvalue weighted by Gasteiger charge is -2.09. The van der Waals surface area contributed by atoms with Crippen LogP contribution in [-0.4, -0.2) is 4.98 Å². The first-order valence-electron chi connectivity index (χ1n) is 6.63. The number of hydrogen-bond acceptors (Lipinski definition) is 1. The summed E-state index contributed by atoms with van der Waals surface area (Å²) in [7, 11) is 0. The molecule has 0 N–H and O–H groups in total. The third-order valence-corrected chi connectivity index (χ3v) is 3.54. The summed E-state index contributed by atoms with van der Waals surface area (Å²) < 4.78 is 0. The number of benzene rings is 2. The molecule has 0 bridgehead atoms.